The quantitative estimate of drug-likeness (QED) is 0.840. The monoisotopic (exact) mass is 278 g/mol. The summed E-state index contributed by atoms with van der Waals surface area (Å²) < 4.78 is 6.04. The first-order valence-corrected chi connectivity index (χ1v) is 7.46. The fourth-order valence-corrected chi connectivity index (χ4v) is 2.93. The average Bonchev–Trinajstić information content (AvgIpc) is 2.45. The van der Waals surface area contributed by atoms with Gasteiger partial charge in [-0.05, 0) is 24.8 Å². The van der Waals surface area contributed by atoms with Gasteiger partial charge in [-0.1, -0.05) is 44.5 Å². The van der Waals surface area contributed by atoms with E-state index in [0.717, 1.165) is 11.5 Å². The summed E-state index contributed by atoms with van der Waals surface area (Å²) in [5.41, 5.74) is 7.37. The zero-order valence-electron chi connectivity index (χ0n) is 11.5. The highest BCUT2D eigenvalue weighted by Gasteiger charge is 2.21. The predicted octanol–water partition coefficient (Wildman–Crippen LogP) is 3.20. The molecule has 0 radical (unpaired) electrons. The van der Waals surface area contributed by atoms with E-state index in [1.54, 1.807) is 6.20 Å². The average molecular weight is 278 g/mol. The standard InChI is InChI=1S/C15H22N2OS/c1-2-11-5-3-7-13(9-11)18-10-12-6-4-8-17-14(12)15(16)19/h4,6,8,11,13H,2-3,5,7,9-10H2,1H3,(H2,16,19). The largest absolute Gasteiger partial charge is 0.388 e. The first-order valence-electron chi connectivity index (χ1n) is 7.06. The Morgan fingerprint density at radius 1 is 1.53 bits per heavy atom. The van der Waals surface area contributed by atoms with E-state index in [2.05, 4.69) is 11.9 Å². The van der Waals surface area contributed by atoms with Gasteiger partial charge < -0.3 is 10.5 Å². The van der Waals surface area contributed by atoms with Gasteiger partial charge in [0.05, 0.1) is 12.7 Å². The Balaban J connectivity index is 1.93. The Hall–Kier alpha value is -1.00. The Morgan fingerprint density at radius 2 is 2.37 bits per heavy atom. The van der Waals surface area contributed by atoms with Crippen LogP contribution in [0.1, 0.15) is 50.3 Å². The van der Waals surface area contributed by atoms with E-state index in [9.17, 15) is 0 Å². The van der Waals surface area contributed by atoms with Gasteiger partial charge in [-0.25, -0.2) is 0 Å². The van der Waals surface area contributed by atoms with Crippen molar-refractivity contribution < 1.29 is 4.74 Å². The van der Waals surface area contributed by atoms with Gasteiger partial charge in [0.1, 0.15) is 10.7 Å². The Kier molecular flexibility index (Phi) is 5.28. The van der Waals surface area contributed by atoms with Crippen LogP contribution in [0.25, 0.3) is 0 Å². The molecule has 1 aliphatic rings. The summed E-state index contributed by atoms with van der Waals surface area (Å²) in [7, 11) is 0. The molecule has 0 spiro atoms. The fourth-order valence-electron chi connectivity index (χ4n) is 2.75. The first kappa shape index (κ1) is 14.4. The van der Waals surface area contributed by atoms with E-state index in [1.807, 2.05) is 12.1 Å². The number of nitrogens with zero attached hydrogens (tertiary/aromatic N) is 1. The van der Waals surface area contributed by atoms with Crippen molar-refractivity contribution in [2.45, 2.75) is 51.7 Å². The lowest BCUT2D eigenvalue weighted by Crippen LogP contribution is -2.23. The number of nitrogens with two attached hydrogens (primary N) is 1. The minimum atomic E-state index is 0.342. The molecule has 2 rings (SSSR count). The van der Waals surface area contributed by atoms with Crippen molar-refractivity contribution in [3.8, 4) is 0 Å². The van der Waals surface area contributed by atoms with Crippen LogP contribution in [0.5, 0.6) is 0 Å². The summed E-state index contributed by atoms with van der Waals surface area (Å²) in [5, 5.41) is 0. The minimum absolute atomic E-state index is 0.342. The van der Waals surface area contributed by atoms with Crippen molar-refractivity contribution in [1.82, 2.24) is 4.98 Å². The lowest BCUT2D eigenvalue weighted by atomic mass is 9.85. The third-order valence-corrected chi connectivity index (χ3v) is 4.10. The third kappa shape index (κ3) is 3.98. The van der Waals surface area contributed by atoms with Crippen LogP contribution in [-0.4, -0.2) is 16.1 Å². The molecule has 2 unspecified atom stereocenters. The number of ether oxygens (including phenoxy) is 1. The van der Waals surface area contributed by atoms with Crippen LogP contribution in [0.4, 0.5) is 0 Å². The van der Waals surface area contributed by atoms with E-state index < -0.39 is 0 Å². The van der Waals surface area contributed by atoms with Crippen LogP contribution in [-0.2, 0) is 11.3 Å². The number of aromatic nitrogens is 1. The van der Waals surface area contributed by atoms with E-state index in [4.69, 9.17) is 22.7 Å². The van der Waals surface area contributed by atoms with Crippen molar-refractivity contribution in [2.75, 3.05) is 0 Å². The SMILES string of the molecule is CCC1CCCC(OCc2cccnc2C(N)=S)C1. The molecule has 1 heterocycles. The maximum atomic E-state index is 6.04. The van der Waals surface area contributed by atoms with Gasteiger partial charge >= 0.3 is 0 Å². The number of pyridine rings is 1. The van der Waals surface area contributed by atoms with Gasteiger partial charge in [0.15, 0.2) is 0 Å². The second-order valence-corrected chi connectivity index (χ2v) is 5.69. The minimum Gasteiger partial charge on any atom is -0.388 e. The number of hydrogen-bond acceptors (Lipinski definition) is 3. The number of thiocarbonyl (C=S) groups is 1. The van der Waals surface area contributed by atoms with Gasteiger partial charge in [0.2, 0.25) is 0 Å². The van der Waals surface area contributed by atoms with E-state index in [0.29, 0.717) is 23.4 Å². The van der Waals surface area contributed by atoms with Crippen LogP contribution in [0.2, 0.25) is 0 Å². The highest BCUT2D eigenvalue weighted by Crippen LogP contribution is 2.29. The Morgan fingerprint density at radius 3 is 3.11 bits per heavy atom. The Bertz CT molecular complexity index is 436. The lowest BCUT2D eigenvalue weighted by molar-refractivity contribution is 0.00161. The van der Waals surface area contributed by atoms with Gasteiger partial charge in [-0.2, -0.15) is 0 Å². The zero-order valence-corrected chi connectivity index (χ0v) is 12.3. The molecule has 1 aromatic heterocycles. The van der Waals surface area contributed by atoms with E-state index in [1.165, 1.54) is 32.1 Å². The van der Waals surface area contributed by atoms with Crippen molar-refractivity contribution in [2.24, 2.45) is 11.7 Å². The molecule has 3 nitrogen and oxygen atoms in total. The summed E-state index contributed by atoms with van der Waals surface area (Å²) in [6, 6.07) is 3.89. The molecule has 0 aliphatic heterocycles. The molecule has 1 aliphatic carbocycles. The number of hydrogen-bond donors (Lipinski definition) is 1. The van der Waals surface area contributed by atoms with Crippen molar-refractivity contribution in [1.29, 1.82) is 0 Å². The molecule has 104 valence electrons. The topological polar surface area (TPSA) is 48.1 Å². The Labute approximate surface area is 120 Å². The van der Waals surface area contributed by atoms with Gasteiger partial charge in [-0.15, -0.1) is 0 Å². The molecule has 0 aromatic carbocycles. The molecule has 0 saturated heterocycles. The highest BCUT2D eigenvalue weighted by atomic mass is 32.1. The second kappa shape index (κ2) is 6.96. The normalized spacial score (nSPS) is 23.2. The molecule has 2 atom stereocenters. The zero-order chi connectivity index (χ0) is 13.7. The maximum absolute atomic E-state index is 6.04. The first-order chi connectivity index (χ1) is 9.20. The summed E-state index contributed by atoms with van der Waals surface area (Å²) in [6.07, 6.45) is 8.31. The molecule has 1 fully saturated rings. The maximum Gasteiger partial charge on any atom is 0.123 e. The highest BCUT2D eigenvalue weighted by molar-refractivity contribution is 7.80. The second-order valence-electron chi connectivity index (χ2n) is 5.25. The summed E-state index contributed by atoms with van der Waals surface area (Å²) in [5.74, 6) is 0.822. The molecule has 19 heavy (non-hydrogen) atoms. The number of rotatable bonds is 5. The van der Waals surface area contributed by atoms with Gasteiger partial charge in [0, 0.05) is 11.8 Å². The fraction of sp³-hybridized carbons (Fsp3) is 0.600. The summed E-state index contributed by atoms with van der Waals surface area (Å²) >= 11 is 5.02. The third-order valence-electron chi connectivity index (χ3n) is 3.91. The molecule has 4 heteroatoms. The molecule has 2 N–H and O–H groups in total. The summed E-state index contributed by atoms with van der Waals surface area (Å²) in [6.45, 7) is 2.82. The molecule has 1 saturated carbocycles. The lowest BCUT2D eigenvalue weighted by Gasteiger charge is -2.28. The van der Waals surface area contributed by atoms with Crippen molar-refractivity contribution >= 4 is 17.2 Å². The smallest absolute Gasteiger partial charge is 0.123 e. The molecular weight excluding hydrogens is 256 g/mol. The van der Waals surface area contributed by atoms with Gasteiger partial charge in [-0.3, -0.25) is 4.98 Å². The van der Waals surface area contributed by atoms with Gasteiger partial charge in [0.25, 0.3) is 0 Å². The molecule has 1 aromatic rings. The van der Waals surface area contributed by atoms with Crippen LogP contribution in [0.3, 0.4) is 0 Å². The van der Waals surface area contributed by atoms with Crippen LogP contribution < -0.4 is 5.73 Å². The van der Waals surface area contributed by atoms with E-state index >= 15 is 0 Å². The van der Waals surface area contributed by atoms with Crippen LogP contribution in [0, 0.1) is 5.92 Å². The molecular formula is C15H22N2OS. The van der Waals surface area contributed by atoms with Crippen molar-refractivity contribution in [3.05, 3.63) is 29.6 Å². The molecule has 0 amide bonds. The van der Waals surface area contributed by atoms with E-state index in [-0.39, 0.29) is 0 Å². The van der Waals surface area contributed by atoms with Crippen LogP contribution >= 0.6 is 12.2 Å². The predicted molar refractivity (Wildman–Crippen MR) is 81.0 cm³/mol. The van der Waals surface area contributed by atoms with Crippen molar-refractivity contribution in [3.63, 3.8) is 0 Å². The summed E-state index contributed by atoms with van der Waals surface area (Å²) in [4.78, 5) is 4.57. The molecule has 0 bridgehead atoms. The van der Waals surface area contributed by atoms with Crippen LogP contribution in [0.15, 0.2) is 18.3 Å².